The van der Waals surface area contributed by atoms with Gasteiger partial charge < -0.3 is 10.1 Å². The lowest BCUT2D eigenvalue weighted by atomic mass is 10.3. The Kier molecular flexibility index (Phi) is 4.11. The van der Waals surface area contributed by atoms with Gasteiger partial charge in [0.25, 0.3) is 0 Å². The van der Waals surface area contributed by atoms with Crippen LogP contribution in [0.15, 0.2) is 29.2 Å². The maximum absolute atomic E-state index is 11.7. The highest BCUT2D eigenvalue weighted by Crippen LogP contribution is 2.14. The van der Waals surface area contributed by atoms with Gasteiger partial charge in [0.15, 0.2) is 9.84 Å². The van der Waals surface area contributed by atoms with Crippen LogP contribution < -0.4 is 5.32 Å². The second-order valence-corrected chi connectivity index (χ2v) is 5.20. The first-order valence-corrected chi connectivity index (χ1v) is 6.25. The molecule has 0 spiro atoms. The van der Waals surface area contributed by atoms with Crippen LogP contribution in [0.2, 0.25) is 0 Å². The number of sulfone groups is 1. The van der Waals surface area contributed by atoms with Crippen LogP contribution in [0.4, 0.5) is 5.69 Å². The molecule has 1 rings (SSSR count). The zero-order valence-corrected chi connectivity index (χ0v) is 9.67. The molecule has 4 nitrogen and oxygen atoms in total. The van der Waals surface area contributed by atoms with Crippen molar-refractivity contribution >= 4 is 15.5 Å². The predicted molar refractivity (Wildman–Crippen MR) is 59.9 cm³/mol. The number of hydrogen-bond acceptors (Lipinski definition) is 4. The van der Waals surface area contributed by atoms with E-state index in [1.807, 2.05) is 0 Å². The van der Waals surface area contributed by atoms with Crippen LogP contribution in [0.5, 0.6) is 0 Å². The van der Waals surface area contributed by atoms with Crippen molar-refractivity contribution in [3.8, 4) is 0 Å². The first-order valence-electron chi connectivity index (χ1n) is 4.59. The minimum atomic E-state index is -3.20. The van der Waals surface area contributed by atoms with Crippen LogP contribution in [-0.4, -0.2) is 34.9 Å². The predicted octanol–water partition coefficient (Wildman–Crippen LogP) is 1.15. The molecule has 0 saturated heterocycles. The lowest BCUT2D eigenvalue weighted by molar-refractivity contribution is 0.217. The first kappa shape index (κ1) is 12.0. The molecule has 1 N–H and O–H groups in total. The van der Waals surface area contributed by atoms with Gasteiger partial charge in [0.05, 0.1) is 17.3 Å². The molecule has 0 heterocycles. The van der Waals surface area contributed by atoms with Crippen LogP contribution in [-0.2, 0) is 14.6 Å². The summed E-state index contributed by atoms with van der Waals surface area (Å²) in [4.78, 5) is 0.332. The molecule has 0 aliphatic carbocycles. The average Bonchev–Trinajstić information content (AvgIpc) is 2.26. The molecule has 0 amide bonds. The summed E-state index contributed by atoms with van der Waals surface area (Å²) in [5.74, 6) is 0.0163. The van der Waals surface area contributed by atoms with E-state index in [-0.39, 0.29) is 12.4 Å². The second-order valence-electron chi connectivity index (χ2n) is 3.09. The number of methoxy groups -OCH3 is 1. The largest absolute Gasteiger partial charge is 0.388 e. The number of nitrogens with one attached hydrogen (secondary N) is 1. The third kappa shape index (κ3) is 3.21. The van der Waals surface area contributed by atoms with E-state index in [2.05, 4.69) is 5.32 Å². The van der Waals surface area contributed by atoms with Crippen LogP contribution in [0.3, 0.4) is 0 Å². The summed E-state index contributed by atoms with van der Waals surface area (Å²) in [6.07, 6.45) is 0. The Hall–Kier alpha value is -1.07. The second kappa shape index (κ2) is 5.14. The third-order valence-electron chi connectivity index (χ3n) is 2.06. The minimum Gasteiger partial charge on any atom is -0.388 e. The average molecular weight is 229 g/mol. The number of rotatable bonds is 5. The van der Waals surface area contributed by atoms with E-state index < -0.39 is 9.84 Å². The highest BCUT2D eigenvalue weighted by molar-refractivity contribution is 7.91. The van der Waals surface area contributed by atoms with Crippen molar-refractivity contribution in [3.05, 3.63) is 24.3 Å². The highest BCUT2D eigenvalue weighted by Gasteiger charge is 2.13. The van der Waals surface area contributed by atoms with Crippen LogP contribution in [0.1, 0.15) is 0 Å². The summed E-state index contributed by atoms with van der Waals surface area (Å²) in [5.41, 5.74) is 0.890. The van der Waals surface area contributed by atoms with E-state index >= 15 is 0 Å². The number of anilines is 1. The fourth-order valence-electron chi connectivity index (χ4n) is 1.14. The van der Waals surface area contributed by atoms with Crippen molar-refractivity contribution in [2.75, 3.05) is 31.8 Å². The van der Waals surface area contributed by atoms with Gasteiger partial charge in [0.1, 0.15) is 0 Å². The number of hydrogen-bond donors (Lipinski definition) is 1. The summed E-state index contributed by atoms with van der Waals surface area (Å²) in [7, 11) is 0.0717. The number of ether oxygens (including phenoxy) is 1. The summed E-state index contributed by atoms with van der Waals surface area (Å²) in [6.45, 7) is 0.218. The lowest BCUT2D eigenvalue weighted by Crippen LogP contribution is -2.11. The fourth-order valence-corrected chi connectivity index (χ4v) is 2.31. The van der Waals surface area contributed by atoms with Crippen molar-refractivity contribution in [1.82, 2.24) is 0 Å². The standard InChI is InChI=1S/C10H15NO3S/c1-11-9-3-5-10(6-4-9)15(12,13)8-7-14-2/h3-6,11H,7-8H2,1-2H3. The van der Waals surface area contributed by atoms with Crippen LogP contribution >= 0.6 is 0 Å². The highest BCUT2D eigenvalue weighted by atomic mass is 32.2. The molecule has 0 bridgehead atoms. The van der Waals surface area contributed by atoms with E-state index in [0.29, 0.717) is 4.90 Å². The maximum Gasteiger partial charge on any atom is 0.180 e. The summed E-state index contributed by atoms with van der Waals surface area (Å²) >= 11 is 0. The summed E-state index contributed by atoms with van der Waals surface area (Å²) < 4.78 is 28.1. The molecular weight excluding hydrogens is 214 g/mol. The Morgan fingerprint density at radius 1 is 1.27 bits per heavy atom. The van der Waals surface area contributed by atoms with Crippen molar-refractivity contribution in [1.29, 1.82) is 0 Å². The Balaban J connectivity index is 2.86. The van der Waals surface area contributed by atoms with Gasteiger partial charge in [0, 0.05) is 19.8 Å². The molecule has 1 aromatic rings. The molecule has 5 heteroatoms. The van der Waals surface area contributed by atoms with Gasteiger partial charge in [-0.1, -0.05) is 0 Å². The first-order chi connectivity index (χ1) is 7.10. The van der Waals surface area contributed by atoms with E-state index in [1.165, 1.54) is 7.11 Å². The van der Waals surface area contributed by atoms with E-state index in [9.17, 15) is 8.42 Å². The lowest BCUT2D eigenvalue weighted by Gasteiger charge is -2.05. The Morgan fingerprint density at radius 3 is 2.33 bits per heavy atom. The molecule has 0 fully saturated rings. The van der Waals surface area contributed by atoms with Gasteiger partial charge in [-0.2, -0.15) is 0 Å². The molecule has 0 saturated carbocycles. The van der Waals surface area contributed by atoms with Gasteiger partial charge in [0.2, 0.25) is 0 Å². The zero-order valence-electron chi connectivity index (χ0n) is 8.86. The topological polar surface area (TPSA) is 55.4 Å². The van der Waals surface area contributed by atoms with E-state index in [1.54, 1.807) is 31.3 Å². The van der Waals surface area contributed by atoms with Gasteiger partial charge in [-0.3, -0.25) is 0 Å². The molecule has 0 atom stereocenters. The Bertz CT molecular complexity index is 397. The smallest absolute Gasteiger partial charge is 0.180 e. The van der Waals surface area contributed by atoms with Gasteiger partial charge in [-0.25, -0.2) is 8.42 Å². The Morgan fingerprint density at radius 2 is 1.87 bits per heavy atom. The zero-order chi connectivity index (χ0) is 11.3. The molecule has 0 unspecified atom stereocenters. The van der Waals surface area contributed by atoms with E-state index in [4.69, 9.17) is 4.74 Å². The monoisotopic (exact) mass is 229 g/mol. The molecule has 0 aliphatic rings. The summed E-state index contributed by atoms with van der Waals surface area (Å²) in [5, 5.41) is 2.93. The van der Waals surface area contributed by atoms with Crippen LogP contribution in [0, 0.1) is 0 Å². The molecule has 0 aromatic heterocycles. The van der Waals surface area contributed by atoms with Gasteiger partial charge in [-0.15, -0.1) is 0 Å². The van der Waals surface area contributed by atoms with Gasteiger partial charge >= 0.3 is 0 Å². The van der Waals surface area contributed by atoms with Crippen LogP contribution in [0.25, 0.3) is 0 Å². The minimum absolute atomic E-state index is 0.0163. The molecular formula is C10H15NO3S. The Labute approximate surface area is 90.2 Å². The normalized spacial score (nSPS) is 11.3. The van der Waals surface area contributed by atoms with Crippen molar-refractivity contribution in [2.45, 2.75) is 4.90 Å². The van der Waals surface area contributed by atoms with Crippen molar-refractivity contribution < 1.29 is 13.2 Å². The quantitative estimate of drug-likeness (QED) is 0.823. The third-order valence-corrected chi connectivity index (χ3v) is 3.75. The SMILES string of the molecule is CNc1ccc(S(=O)(=O)CCOC)cc1. The van der Waals surface area contributed by atoms with Gasteiger partial charge in [-0.05, 0) is 24.3 Å². The van der Waals surface area contributed by atoms with Crippen molar-refractivity contribution in [3.63, 3.8) is 0 Å². The maximum atomic E-state index is 11.7. The molecule has 1 aromatic carbocycles. The molecule has 84 valence electrons. The fraction of sp³-hybridized carbons (Fsp3) is 0.400. The molecule has 15 heavy (non-hydrogen) atoms. The molecule has 0 aliphatic heterocycles. The summed E-state index contributed by atoms with van der Waals surface area (Å²) in [6, 6.07) is 6.66. The number of benzene rings is 1. The van der Waals surface area contributed by atoms with E-state index in [0.717, 1.165) is 5.69 Å². The van der Waals surface area contributed by atoms with Crippen molar-refractivity contribution in [2.24, 2.45) is 0 Å². The molecule has 0 radical (unpaired) electrons.